The Bertz CT molecular complexity index is 418. The molecule has 100 valence electrons. The van der Waals surface area contributed by atoms with E-state index in [2.05, 4.69) is 0 Å². The summed E-state index contributed by atoms with van der Waals surface area (Å²) >= 11 is 0. The number of Topliss-reactive ketones (excluding diaryl/α,β-unsaturated/α-hetero) is 1. The predicted molar refractivity (Wildman–Crippen MR) is 59.7 cm³/mol. The van der Waals surface area contributed by atoms with Crippen molar-refractivity contribution in [2.75, 3.05) is 0 Å². The zero-order chi connectivity index (χ0) is 14.0. The highest BCUT2D eigenvalue weighted by atomic mass is 19.4. The monoisotopic (exact) mass is 262 g/mol. The van der Waals surface area contributed by atoms with E-state index in [9.17, 15) is 22.4 Å². The topological polar surface area (TPSA) is 17.1 Å². The molecule has 0 aliphatic carbocycles. The molecular weight excluding hydrogens is 248 g/mol. The summed E-state index contributed by atoms with van der Waals surface area (Å²) in [5.74, 6) is -0.955. The first-order valence-corrected chi connectivity index (χ1v) is 5.49. The van der Waals surface area contributed by atoms with Crippen LogP contribution < -0.4 is 0 Å². The molecule has 5 heteroatoms. The van der Waals surface area contributed by atoms with Gasteiger partial charge in [0.1, 0.15) is 11.6 Å². The van der Waals surface area contributed by atoms with Gasteiger partial charge in [0.25, 0.3) is 0 Å². The van der Waals surface area contributed by atoms with Gasteiger partial charge in [0.15, 0.2) is 0 Å². The molecule has 1 aromatic carbocycles. The van der Waals surface area contributed by atoms with Crippen molar-refractivity contribution in [2.45, 2.75) is 38.3 Å². The molecule has 0 saturated heterocycles. The zero-order valence-electron chi connectivity index (χ0n) is 10.1. The lowest BCUT2D eigenvalue weighted by atomic mass is 9.79. The summed E-state index contributed by atoms with van der Waals surface area (Å²) < 4.78 is 48.9. The van der Waals surface area contributed by atoms with Crippen LogP contribution in [0.25, 0.3) is 0 Å². The molecule has 0 N–H and O–H groups in total. The van der Waals surface area contributed by atoms with Gasteiger partial charge in [0, 0.05) is 11.8 Å². The van der Waals surface area contributed by atoms with Gasteiger partial charge in [-0.15, -0.1) is 0 Å². The Morgan fingerprint density at radius 1 is 1.11 bits per heavy atom. The number of halogens is 4. The molecule has 0 atom stereocenters. The highest BCUT2D eigenvalue weighted by molar-refractivity contribution is 5.89. The van der Waals surface area contributed by atoms with Crippen LogP contribution in [0.2, 0.25) is 0 Å². The number of ketones is 1. The Hall–Kier alpha value is -1.39. The number of rotatable bonds is 4. The SMILES string of the molecule is CC(C)(C(=O)CCC(F)(F)F)c1ccc(F)cc1. The first-order chi connectivity index (χ1) is 8.13. The minimum Gasteiger partial charge on any atom is -0.299 e. The molecule has 0 fully saturated rings. The minimum atomic E-state index is -4.34. The summed E-state index contributed by atoms with van der Waals surface area (Å²) in [4.78, 5) is 11.8. The molecule has 0 heterocycles. The van der Waals surface area contributed by atoms with Gasteiger partial charge < -0.3 is 0 Å². The van der Waals surface area contributed by atoms with Crippen LogP contribution in [-0.4, -0.2) is 12.0 Å². The molecule has 0 amide bonds. The van der Waals surface area contributed by atoms with Gasteiger partial charge in [-0.25, -0.2) is 4.39 Å². The second-order valence-corrected chi connectivity index (χ2v) is 4.67. The highest BCUT2D eigenvalue weighted by Gasteiger charge is 2.34. The molecular formula is C13H14F4O. The van der Waals surface area contributed by atoms with Gasteiger partial charge in [0.2, 0.25) is 0 Å². The summed E-state index contributed by atoms with van der Waals surface area (Å²) in [5.41, 5.74) is -0.532. The van der Waals surface area contributed by atoms with Crippen LogP contribution in [0.1, 0.15) is 32.3 Å². The van der Waals surface area contributed by atoms with E-state index in [0.29, 0.717) is 5.56 Å². The molecule has 1 rings (SSSR count). The summed E-state index contributed by atoms with van der Waals surface area (Å²) in [6, 6.07) is 5.21. The molecule has 0 aliphatic rings. The normalized spacial score (nSPS) is 12.6. The zero-order valence-corrected chi connectivity index (χ0v) is 10.1. The number of alkyl halides is 3. The molecule has 0 aliphatic heterocycles. The minimum absolute atomic E-state index is 0.447. The van der Waals surface area contributed by atoms with Crippen LogP contribution >= 0.6 is 0 Å². The van der Waals surface area contributed by atoms with Crippen LogP contribution in [0.3, 0.4) is 0 Å². The second-order valence-electron chi connectivity index (χ2n) is 4.67. The van der Waals surface area contributed by atoms with Gasteiger partial charge in [-0.1, -0.05) is 12.1 Å². The van der Waals surface area contributed by atoms with Crippen molar-refractivity contribution in [3.05, 3.63) is 35.6 Å². The molecule has 1 nitrogen and oxygen atoms in total. The van der Waals surface area contributed by atoms with Gasteiger partial charge in [-0.05, 0) is 31.5 Å². The third kappa shape index (κ3) is 3.82. The maximum Gasteiger partial charge on any atom is 0.389 e. The largest absolute Gasteiger partial charge is 0.389 e. The fraction of sp³-hybridized carbons (Fsp3) is 0.462. The van der Waals surface area contributed by atoms with Crippen molar-refractivity contribution in [2.24, 2.45) is 0 Å². The maximum atomic E-state index is 12.7. The molecule has 0 aromatic heterocycles. The van der Waals surface area contributed by atoms with Gasteiger partial charge >= 0.3 is 6.18 Å². The van der Waals surface area contributed by atoms with Crippen molar-refractivity contribution in [1.29, 1.82) is 0 Å². The quantitative estimate of drug-likeness (QED) is 0.749. The number of carbonyl (C=O) groups is 1. The first-order valence-electron chi connectivity index (χ1n) is 5.49. The smallest absolute Gasteiger partial charge is 0.299 e. The van der Waals surface area contributed by atoms with Crippen molar-refractivity contribution < 1.29 is 22.4 Å². The molecule has 18 heavy (non-hydrogen) atoms. The van der Waals surface area contributed by atoms with E-state index in [1.807, 2.05) is 0 Å². The first kappa shape index (κ1) is 14.7. The second kappa shape index (κ2) is 5.08. The van der Waals surface area contributed by atoms with Crippen molar-refractivity contribution in [1.82, 2.24) is 0 Å². The summed E-state index contributed by atoms with van der Waals surface area (Å²) in [5, 5.41) is 0. The Labute approximate surface area is 103 Å². The highest BCUT2D eigenvalue weighted by Crippen LogP contribution is 2.29. The van der Waals surface area contributed by atoms with Crippen LogP contribution in [0.4, 0.5) is 17.6 Å². The van der Waals surface area contributed by atoms with Crippen molar-refractivity contribution in [3.8, 4) is 0 Å². The predicted octanol–water partition coefficient (Wildman–Crippen LogP) is 4.01. The molecule has 0 saturated carbocycles. The number of carbonyl (C=O) groups excluding carboxylic acids is 1. The summed E-state index contributed by atoms with van der Waals surface area (Å²) in [6.45, 7) is 3.08. The lowest BCUT2D eigenvalue weighted by molar-refractivity contribution is -0.145. The van der Waals surface area contributed by atoms with Crippen LogP contribution in [0.5, 0.6) is 0 Å². The third-order valence-electron chi connectivity index (χ3n) is 2.90. The molecule has 0 bridgehead atoms. The Kier molecular flexibility index (Phi) is 4.14. The average Bonchev–Trinajstić information content (AvgIpc) is 2.25. The molecule has 0 unspecified atom stereocenters. The van der Waals surface area contributed by atoms with Gasteiger partial charge in [0.05, 0.1) is 6.42 Å². The van der Waals surface area contributed by atoms with E-state index in [1.54, 1.807) is 13.8 Å². The van der Waals surface area contributed by atoms with E-state index in [0.717, 1.165) is 0 Å². The summed E-state index contributed by atoms with van der Waals surface area (Å²) in [7, 11) is 0. The van der Waals surface area contributed by atoms with Gasteiger partial charge in [-0.2, -0.15) is 13.2 Å². The number of hydrogen-bond acceptors (Lipinski definition) is 1. The average molecular weight is 262 g/mol. The molecule has 0 spiro atoms. The van der Waals surface area contributed by atoms with Crippen molar-refractivity contribution in [3.63, 3.8) is 0 Å². The maximum absolute atomic E-state index is 12.7. The van der Waals surface area contributed by atoms with Crippen LogP contribution in [0.15, 0.2) is 24.3 Å². The van der Waals surface area contributed by atoms with E-state index in [-0.39, 0.29) is 0 Å². The molecule has 1 aromatic rings. The Morgan fingerprint density at radius 2 is 1.61 bits per heavy atom. The summed E-state index contributed by atoms with van der Waals surface area (Å²) in [6.07, 6.45) is -6.03. The lowest BCUT2D eigenvalue weighted by Gasteiger charge is -2.24. The number of hydrogen-bond donors (Lipinski definition) is 0. The fourth-order valence-electron chi connectivity index (χ4n) is 1.60. The van der Waals surface area contributed by atoms with E-state index < -0.39 is 36.0 Å². The van der Waals surface area contributed by atoms with E-state index in [1.165, 1.54) is 24.3 Å². The fourth-order valence-corrected chi connectivity index (χ4v) is 1.60. The Balaban J connectivity index is 2.79. The van der Waals surface area contributed by atoms with E-state index in [4.69, 9.17) is 0 Å². The van der Waals surface area contributed by atoms with Crippen LogP contribution in [-0.2, 0) is 10.2 Å². The van der Waals surface area contributed by atoms with Crippen molar-refractivity contribution >= 4 is 5.78 Å². The number of benzene rings is 1. The lowest BCUT2D eigenvalue weighted by Crippen LogP contribution is -2.30. The van der Waals surface area contributed by atoms with Crippen LogP contribution in [0, 0.1) is 5.82 Å². The third-order valence-corrected chi connectivity index (χ3v) is 2.90. The molecule has 0 radical (unpaired) electrons. The Morgan fingerprint density at radius 3 is 2.06 bits per heavy atom. The van der Waals surface area contributed by atoms with E-state index >= 15 is 0 Å². The standard InChI is InChI=1S/C13H14F4O/c1-12(2,9-3-5-10(14)6-4-9)11(18)7-8-13(15,16)17/h3-6H,7-8H2,1-2H3. The van der Waals surface area contributed by atoms with Gasteiger partial charge in [-0.3, -0.25) is 4.79 Å².